The molecule has 0 radical (unpaired) electrons. The van der Waals surface area contributed by atoms with Gasteiger partial charge in [0.2, 0.25) is 5.91 Å². The van der Waals surface area contributed by atoms with Gasteiger partial charge in [-0.2, -0.15) is 0 Å². The Hall–Kier alpha value is -2.77. The predicted octanol–water partition coefficient (Wildman–Crippen LogP) is 1.45. The SMILES string of the molecule is O=C(C(Cc1ccccc1)NCn1nnc2ccccc21)N1CCOCC1. The fourth-order valence-electron chi connectivity index (χ4n) is 3.33. The summed E-state index contributed by atoms with van der Waals surface area (Å²) in [6, 6.07) is 17.6. The average Bonchev–Trinajstić information content (AvgIpc) is 3.15. The maximum Gasteiger partial charge on any atom is 0.240 e. The topological polar surface area (TPSA) is 72.3 Å². The summed E-state index contributed by atoms with van der Waals surface area (Å²) in [7, 11) is 0. The van der Waals surface area contributed by atoms with Crippen LogP contribution in [0.4, 0.5) is 0 Å². The molecule has 1 aliphatic heterocycles. The summed E-state index contributed by atoms with van der Waals surface area (Å²) in [5, 5.41) is 11.8. The lowest BCUT2D eigenvalue weighted by molar-refractivity contribution is -0.137. The standard InChI is InChI=1S/C20H23N5O2/c26-20(24-10-12-27-13-11-24)18(14-16-6-2-1-3-7-16)21-15-25-19-9-5-4-8-17(19)22-23-25/h1-9,18,21H,10-15H2. The summed E-state index contributed by atoms with van der Waals surface area (Å²) in [5.41, 5.74) is 2.92. The lowest BCUT2D eigenvalue weighted by atomic mass is 10.0. The van der Waals surface area contributed by atoms with E-state index in [0.717, 1.165) is 16.6 Å². The number of ether oxygens (including phenoxy) is 1. The van der Waals surface area contributed by atoms with Crippen LogP contribution in [0.1, 0.15) is 5.56 Å². The van der Waals surface area contributed by atoms with E-state index >= 15 is 0 Å². The third kappa shape index (κ3) is 4.15. The molecule has 1 amide bonds. The molecule has 1 N–H and O–H groups in total. The molecule has 1 fully saturated rings. The highest BCUT2D eigenvalue weighted by molar-refractivity contribution is 5.82. The molecular weight excluding hydrogens is 342 g/mol. The summed E-state index contributed by atoms with van der Waals surface area (Å²) in [5.74, 6) is 0.103. The Morgan fingerprint density at radius 2 is 1.81 bits per heavy atom. The first-order valence-corrected chi connectivity index (χ1v) is 9.23. The molecule has 3 aromatic rings. The van der Waals surface area contributed by atoms with Crippen LogP contribution in [0, 0.1) is 0 Å². The van der Waals surface area contributed by atoms with Crippen LogP contribution in [-0.2, 0) is 22.6 Å². The summed E-state index contributed by atoms with van der Waals surface area (Å²) in [6.45, 7) is 2.89. The van der Waals surface area contributed by atoms with Gasteiger partial charge in [0.05, 0.1) is 31.4 Å². The number of nitrogens with one attached hydrogen (secondary N) is 1. The molecule has 0 saturated carbocycles. The highest BCUT2D eigenvalue weighted by atomic mass is 16.5. The number of rotatable bonds is 6. The Kier molecular flexibility index (Phi) is 5.41. The molecule has 0 spiro atoms. The fraction of sp³-hybridized carbons (Fsp3) is 0.350. The Bertz CT molecular complexity index is 890. The second-order valence-corrected chi connectivity index (χ2v) is 6.62. The summed E-state index contributed by atoms with van der Waals surface area (Å²) >= 11 is 0. The Balaban J connectivity index is 1.50. The maximum atomic E-state index is 13.1. The summed E-state index contributed by atoms with van der Waals surface area (Å²) in [6.07, 6.45) is 0.629. The molecule has 0 aliphatic carbocycles. The van der Waals surface area contributed by atoms with Gasteiger partial charge in [-0.3, -0.25) is 10.1 Å². The van der Waals surface area contributed by atoms with E-state index in [4.69, 9.17) is 4.74 Å². The zero-order valence-corrected chi connectivity index (χ0v) is 15.1. The van der Waals surface area contributed by atoms with Crippen LogP contribution in [0.2, 0.25) is 0 Å². The van der Waals surface area contributed by atoms with E-state index in [1.807, 2.05) is 59.5 Å². The number of carbonyl (C=O) groups is 1. The molecule has 1 aromatic heterocycles. The molecule has 140 valence electrons. The van der Waals surface area contributed by atoms with Crippen molar-refractivity contribution >= 4 is 16.9 Å². The number of aromatic nitrogens is 3. The lowest BCUT2D eigenvalue weighted by Gasteiger charge is -2.31. The highest BCUT2D eigenvalue weighted by Crippen LogP contribution is 2.11. The van der Waals surface area contributed by atoms with Gasteiger partial charge in [-0.05, 0) is 24.1 Å². The van der Waals surface area contributed by atoms with Crippen molar-refractivity contribution in [3.8, 4) is 0 Å². The Morgan fingerprint density at radius 3 is 2.63 bits per heavy atom. The van der Waals surface area contributed by atoms with E-state index in [-0.39, 0.29) is 11.9 Å². The first-order chi connectivity index (χ1) is 13.3. The molecule has 0 bridgehead atoms. The van der Waals surface area contributed by atoms with Crippen molar-refractivity contribution in [2.45, 2.75) is 19.1 Å². The number of hydrogen-bond acceptors (Lipinski definition) is 5. The lowest BCUT2D eigenvalue weighted by Crippen LogP contribution is -2.51. The molecule has 1 atom stereocenters. The van der Waals surface area contributed by atoms with E-state index in [0.29, 0.717) is 39.4 Å². The minimum Gasteiger partial charge on any atom is -0.378 e. The third-order valence-electron chi connectivity index (χ3n) is 4.81. The number of fused-ring (bicyclic) bond motifs is 1. The second-order valence-electron chi connectivity index (χ2n) is 6.62. The number of hydrogen-bond donors (Lipinski definition) is 1. The molecule has 1 aliphatic rings. The van der Waals surface area contributed by atoms with Crippen LogP contribution < -0.4 is 5.32 Å². The van der Waals surface area contributed by atoms with Gasteiger partial charge < -0.3 is 9.64 Å². The van der Waals surface area contributed by atoms with Crippen molar-refractivity contribution in [3.05, 3.63) is 60.2 Å². The van der Waals surface area contributed by atoms with Crippen molar-refractivity contribution in [3.63, 3.8) is 0 Å². The van der Waals surface area contributed by atoms with E-state index in [2.05, 4.69) is 15.6 Å². The van der Waals surface area contributed by atoms with Gasteiger partial charge in [-0.15, -0.1) is 5.10 Å². The fourth-order valence-corrected chi connectivity index (χ4v) is 3.33. The number of amides is 1. The zero-order valence-electron chi connectivity index (χ0n) is 15.1. The van der Waals surface area contributed by atoms with Gasteiger partial charge in [0.15, 0.2) is 0 Å². The van der Waals surface area contributed by atoms with Gasteiger partial charge in [0.1, 0.15) is 5.52 Å². The van der Waals surface area contributed by atoms with Crippen molar-refractivity contribution in [1.82, 2.24) is 25.2 Å². The monoisotopic (exact) mass is 365 g/mol. The van der Waals surface area contributed by atoms with Gasteiger partial charge >= 0.3 is 0 Å². The highest BCUT2D eigenvalue weighted by Gasteiger charge is 2.26. The number of para-hydroxylation sites is 1. The van der Waals surface area contributed by atoms with E-state index in [1.165, 1.54) is 0 Å². The van der Waals surface area contributed by atoms with E-state index < -0.39 is 0 Å². The average molecular weight is 365 g/mol. The van der Waals surface area contributed by atoms with Crippen LogP contribution in [0.5, 0.6) is 0 Å². The molecule has 7 nitrogen and oxygen atoms in total. The minimum atomic E-state index is -0.325. The molecule has 7 heteroatoms. The molecule has 1 unspecified atom stereocenters. The zero-order chi connectivity index (χ0) is 18.5. The van der Waals surface area contributed by atoms with Crippen LogP contribution >= 0.6 is 0 Å². The van der Waals surface area contributed by atoms with Crippen LogP contribution in [0.25, 0.3) is 11.0 Å². The molecular formula is C20H23N5O2. The number of benzene rings is 2. The normalized spacial score (nSPS) is 15.8. The van der Waals surface area contributed by atoms with Crippen molar-refractivity contribution in [1.29, 1.82) is 0 Å². The molecule has 27 heavy (non-hydrogen) atoms. The maximum absolute atomic E-state index is 13.1. The molecule has 2 heterocycles. The van der Waals surface area contributed by atoms with Gasteiger partial charge in [-0.1, -0.05) is 47.7 Å². The van der Waals surface area contributed by atoms with Gasteiger partial charge in [0, 0.05) is 13.1 Å². The summed E-state index contributed by atoms with van der Waals surface area (Å²) in [4.78, 5) is 15.0. The van der Waals surface area contributed by atoms with Crippen LogP contribution in [0.15, 0.2) is 54.6 Å². The smallest absolute Gasteiger partial charge is 0.240 e. The Labute approximate surface area is 157 Å². The van der Waals surface area contributed by atoms with Gasteiger partial charge in [-0.25, -0.2) is 4.68 Å². The number of carbonyl (C=O) groups excluding carboxylic acids is 1. The van der Waals surface area contributed by atoms with Crippen LogP contribution in [-0.4, -0.2) is 58.1 Å². The van der Waals surface area contributed by atoms with Crippen molar-refractivity contribution in [2.75, 3.05) is 26.3 Å². The van der Waals surface area contributed by atoms with Crippen molar-refractivity contribution in [2.24, 2.45) is 0 Å². The number of nitrogens with zero attached hydrogens (tertiary/aromatic N) is 4. The Morgan fingerprint density at radius 1 is 1.07 bits per heavy atom. The van der Waals surface area contributed by atoms with E-state index in [1.54, 1.807) is 4.68 Å². The second kappa shape index (κ2) is 8.28. The third-order valence-corrected chi connectivity index (χ3v) is 4.81. The largest absolute Gasteiger partial charge is 0.378 e. The van der Waals surface area contributed by atoms with Crippen molar-refractivity contribution < 1.29 is 9.53 Å². The van der Waals surface area contributed by atoms with Gasteiger partial charge in [0.25, 0.3) is 0 Å². The summed E-state index contributed by atoms with van der Waals surface area (Å²) < 4.78 is 7.17. The van der Waals surface area contributed by atoms with E-state index in [9.17, 15) is 4.79 Å². The molecule has 1 saturated heterocycles. The minimum absolute atomic E-state index is 0.103. The van der Waals surface area contributed by atoms with Crippen LogP contribution in [0.3, 0.4) is 0 Å². The number of morpholine rings is 1. The first-order valence-electron chi connectivity index (χ1n) is 9.23. The molecule has 4 rings (SSSR count). The predicted molar refractivity (Wildman–Crippen MR) is 102 cm³/mol. The first kappa shape index (κ1) is 17.6. The molecule has 2 aromatic carbocycles. The quantitative estimate of drug-likeness (QED) is 0.716.